The molecule has 0 amide bonds. The fourth-order valence-electron chi connectivity index (χ4n) is 2.24. The highest BCUT2D eigenvalue weighted by Gasteiger charge is 2.43. The van der Waals surface area contributed by atoms with Gasteiger partial charge in [-0.15, -0.1) is 0 Å². The highest BCUT2D eigenvalue weighted by atomic mass is 16.5. The van der Waals surface area contributed by atoms with E-state index in [1.54, 1.807) is 0 Å². The summed E-state index contributed by atoms with van der Waals surface area (Å²) in [5, 5.41) is 13.8. The molecule has 100 valence electrons. The zero-order valence-electron chi connectivity index (χ0n) is 10.9. The number of ether oxygens (including phenoxy) is 1. The maximum atomic E-state index is 11.4. The average Bonchev–Trinajstić information content (AvgIpc) is 2.98. The number of carbonyl (C=O) groups is 1. The summed E-state index contributed by atoms with van der Waals surface area (Å²) in [4.78, 5) is 11.4. The van der Waals surface area contributed by atoms with Crippen LogP contribution in [0, 0.1) is 5.41 Å². The minimum atomic E-state index is -0.783. The molecule has 1 fully saturated rings. The van der Waals surface area contributed by atoms with Crippen molar-refractivity contribution in [3.05, 3.63) is 18.0 Å². The molecular formula is C13H20N2O3. The van der Waals surface area contributed by atoms with Crippen molar-refractivity contribution in [2.45, 2.75) is 39.2 Å². The number of hydrogen-bond donors (Lipinski definition) is 1. The Kier molecular flexibility index (Phi) is 3.71. The van der Waals surface area contributed by atoms with Crippen LogP contribution in [0.15, 0.2) is 12.3 Å². The fourth-order valence-corrected chi connectivity index (χ4v) is 2.24. The largest absolute Gasteiger partial charge is 0.481 e. The van der Waals surface area contributed by atoms with Gasteiger partial charge in [0.15, 0.2) is 0 Å². The van der Waals surface area contributed by atoms with E-state index in [2.05, 4.69) is 18.9 Å². The molecule has 2 atom stereocenters. The second kappa shape index (κ2) is 5.10. The first-order valence-corrected chi connectivity index (χ1v) is 6.42. The molecule has 1 aliphatic rings. The third-order valence-corrected chi connectivity index (χ3v) is 3.78. The van der Waals surface area contributed by atoms with E-state index in [0.29, 0.717) is 32.1 Å². The summed E-state index contributed by atoms with van der Waals surface area (Å²) < 4.78 is 7.16. The molecule has 1 N–H and O–H groups in total. The molecule has 0 aromatic carbocycles. The predicted octanol–water partition coefficient (Wildman–Crippen LogP) is 1.89. The van der Waals surface area contributed by atoms with Crippen molar-refractivity contribution in [3.63, 3.8) is 0 Å². The van der Waals surface area contributed by atoms with Gasteiger partial charge in [-0.05, 0) is 25.8 Å². The van der Waals surface area contributed by atoms with Crippen LogP contribution in [-0.2, 0) is 16.0 Å². The molecule has 5 nitrogen and oxygen atoms in total. The Balaban J connectivity index is 2.12. The van der Waals surface area contributed by atoms with E-state index in [9.17, 15) is 9.90 Å². The summed E-state index contributed by atoms with van der Waals surface area (Å²) in [6.07, 6.45) is 3.95. The van der Waals surface area contributed by atoms with Crippen LogP contribution in [0.25, 0.3) is 0 Å². The Morgan fingerprint density at radius 2 is 2.50 bits per heavy atom. The molecule has 2 unspecified atom stereocenters. The summed E-state index contributed by atoms with van der Waals surface area (Å²) in [5.74, 6) is -0.780. The van der Waals surface area contributed by atoms with Gasteiger partial charge in [0, 0.05) is 25.3 Å². The number of carboxylic acids is 1. The third-order valence-electron chi connectivity index (χ3n) is 3.78. The lowest BCUT2D eigenvalue weighted by Crippen LogP contribution is -2.34. The monoisotopic (exact) mass is 252 g/mol. The van der Waals surface area contributed by atoms with Gasteiger partial charge >= 0.3 is 5.97 Å². The smallest absolute Gasteiger partial charge is 0.312 e. The van der Waals surface area contributed by atoms with Crippen LogP contribution in [0.5, 0.6) is 0 Å². The number of aromatic nitrogens is 2. The first-order chi connectivity index (χ1) is 8.57. The zero-order chi connectivity index (χ0) is 13.2. The van der Waals surface area contributed by atoms with Gasteiger partial charge in [-0.2, -0.15) is 5.10 Å². The molecule has 1 saturated heterocycles. The molecule has 18 heavy (non-hydrogen) atoms. The topological polar surface area (TPSA) is 64.4 Å². The lowest BCUT2D eigenvalue weighted by atomic mass is 9.83. The van der Waals surface area contributed by atoms with Crippen LogP contribution in [0.3, 0.4) is 0 Å². The normalized spacial score (nSPS) is 25.2. The number of aliphatic carboxylic acids is 1. The summed E-state index contributed by atoms with van der Waals surface area (Å²) >= 11 is 0. The second-order valence-corrected chi connectivity index (χ2v) is 5.11. The highest BCUT2D eigenvalue weighted by molar-refractivity contribution is 5.75. The number of nitrogens with zero attached hydrogens (tertiary/aromatic N) is 2. The zero-order valence-corrected chi connectivity index (χ0v) is 10.9. The van der Waals surface area contributed by atoms with Crippen molar-refractivity contribution in [2.75, 3.05) is 13.2 Å². The van der Waals surface area contributed by atoms with Crippen molar-refractivity contribution in [1.29, 1.82) is 0 Å². The van der Waals surface area contributed by atoms with Crippen molar-refractivity contribution >= 4 is 5.97 Å². The Bertz CT molecular complexity index is 422. The van der Waals surface area contributed by atoms with Crippen molar-refractivity contribution in [1.82, 2.24) is 9.78 Å². The van der Waals surface area contributed by atoms with E-state index in [1.165, 1.54) is 0 Å². The van der Waals surface area contributed by atoms with Crippen LogP contribution in [-0.4, -0.2) is 34.1 Å². The molecule has 0 saturated carbocycles. The van der Waals surface area contributed by atoms with E-state index in [4.69, 9.17) is 4.74 Å². The van der Waals surface area contributed by atoms with Gasteiger partial charge in [0.25, 0.3) is 0 Å². The summed E-state index contributed by atoms with van der Waals surface area (Å²) in [6.45, 7) is 5.02. The van der Waals surface area contributed by atoms with E-state index >= 15 is 0 Å². The molecule has 0 bridgehead atoms. The lowest BCUT2D eigenvalue weighted by Gasteiger charge is -2.20. The first-order valence-electron chi connectivity index (χ1n) is 6.42. The molecular weight excluding hydrogens is 232 g/mol. The van der Waals surface area contributed by atoms with Crippen molar-refractivity contribution < 1.29 is 14.6 Å². The van der Waals surface area contributed by atoms with Gasteiger partial charge < -0.3 is 9.84 Å². The van der Waals surface area contributed by atoms with Crippen LogP contribution in [0.2, 0.25) is 0 Å². The van der Waals surface area contributed by atoms with Gasteiger partial charge in [0.2, 0.25) is 0 Å². The Hall–Kier alpha value is -1.36. The van der Waals surface area contributed by atoms with Crippen molar-refractivity contribution in [2.24, 2.45) is 5.41 Å². The standard InChI is InChI=1S/C13H20N2O3/c1-3-10(2)15-6-4-11(14-15)8-13(12(16)17)5-7-18-9-13/h4,6,10H,3,5,7-9H2,1-2H3,(H,16,17). The number of carboxylic acid groups (broad SMARTS) is 1. The average molecular weight is 252 g/mol. The summed E-state index contributed by atoms with van der Waals surface area (Å²) in [5.41, 5.74) is 0.0532. The molecule has 0 aliphatic carbocycles. The SMILES string of the molecule is CCC(C)n1ccc(CC2(C(=O)O)CCOC2)n1. The van der Waals surface area contributed by atoms with Gasteiger partial charge in [0.1, 0.15) is 0 Å². The Morgan fingerprint density at radius 1 is 1.72 bits per heavy atom. The van der Waals surface area contributed by atoms with Gasteiger partial charge in [-0.25, -0.2) is 0 Å². The number of rotatable bonds is 5. The molecule has 5 heteroatoms. The molecule has 0 spiro atoms. The van der Waals surface area contributed by atoms with Crippen LogP contribution < -0.4 is 0 Å². The summed E-state index contributed by atoms with van der Waals surface area (Å²) in [7, 11) is 0. The van der Waals surface area contributed by atoms with Crippen LogP contribution in [0.4, 0.5) is 0 Å². The highest BCUT2D eigenvalue weighted by Crippen LogP contribution is 2.32. The first kappa shape index (κ1) is 13.1. The van der Waals surface area contributed by atoms with Crippen LogP contribution in [0.1, 0.15) is 38.4 Å². The maximum Gasteiger partial charge on any atom is 0.312 e. The molecule has 1 aliphatic heterocycles. The van der Waals surface area contributed by atoms with Crippen LogP contribution >= 0.6 is 0 Å². The van der Waals surface area contributed by atoms with E-state index in [1.807, 2.05) is 16.9 Å². The molecule has 1 aromatic rings. The minimum absolute atomic E-state index is 0.290. The molecule has 2 rings (SSSR count). The van der Waals surface area contributed by atoms with E-state index < -0.39 is 11.4 Å². The quantitative estimate of drug-likeness (QED) is 0.869. The number of hydrogen-bond acceptors (Lipinski definition) is 3. The lowest BCUT2D eigenvalue weighted by molar-refractivity contribution is -0.148. The van der Waals surface area contributed by atoms with Gasteiger partial charge in [-0.3, -0.25) is 9.48 Å². The Labute approximate surface area is 107 Å². The second-order valence-electron chi connectivity index (χ2n) is 5.11. The maximum absolute atomic E-state index is 11.4. The third kappa shape index (κ3) is 2.41. The van der Waals surface area contributed by atoms with Gasteiger partial charge in [-0.1, -0.05) is 6.92 Å². The summed E-state index contributed by atoms with van der Waals surface area (Å²) in [6, 6.07) is 2.26. The molecule has 2 heterocycles. The Morgan fingerprint density at radius 3 is 3.06 bits per heavy atom. The predicted molar refractivity (Wildman–Crippen MR) is 66.4 cm³/mol. The fraction of sp³-hybridized carbons (Fsp3) is 0.692. The van der Waals surface area contributed by atoms with E-state index in [-0.39, 0.29) is 0 Å². The van der Waals surface area contributed by atoms with Crippen molar-refractivity contribution in [3.8, 4) is 0 Å². The molecule has 1 aromatic heterocycles. The van der Waals surface area contributed by atoms with E-state index in [0.717, 1.165) is 12.1 Å². The van der Waals surface area contributed by atoms with Gasteiger partial charge in [0.05, 0.1) is 17.7 Å². The molecule has 0 radical (unpaired) electrons. The minimum Gasteiger partial charge on any atom is -0.481 e.